The zero-order valence-corrected chi connectivity index (χ0v) is 13.5. The molecule has 1 heterocycles. The fourth-order valence-corrected chi connectivity index (χ4v) is 2.20. The average molecular weight is 323 g/mol. The van der Waals surface area contributed by atoms with E-state index in [9.17, 15) is 4.79 Å². The van der Waals surface area contributed by atoms with Crippen LogP contribution in [0.15, 0.2) is 64.9 Å². The largest absolute Gasteiger partial charge is 0.467 e. The topological polar surface area (TPSA) is 78.1 Å². The quantitative estimate of drug-likeness (QED) is 0.422. The number of furan rings is 1. The van der Waals surface area contributed by atoms with Crippen LogP contribution in [-0.2, 0) is 17.8 Å². The second kappa shape index (κ2) is 9.90. The highest BCUT2D eigenvalue weighted by Gasteiger charge is 2.08. The zero-order chi connectivity index (χ0) is 17.0. The lowest BCUT2D eigenvalue weighted by Gasteiger charge is -2.04. The molecule has 0 aliphatic heterocycles. The molecule has 0 spiro atoms. The van der Waals surface area contributed by atoms with Gasteiger partial charge in [-0.25, -0.2) is 0 Å². The summed E-state index contributed by atoms with van der Waals surface area (Å²) in [5, 5.41) is 14.7. The van der Waals surface area contributed by atoms with Crippen LogP contribution in [0.1, 0.15) is 24.2 Å². The minimum absolute atomic E-state index is 0.0598. The van der Waals surface area contributed by atoms with Crippen LogP contribution in [0, 0.1) is 11.3 Å². The van der Waals surface area contributed by atoms with Crippen LogP contribution >= 0.6 is 0 Å². The molecule has 0 aliphatic rings. The lowest BCUT2D eigenvalue weighted by Crippen LogP contribution is -2.25. The van der Waals surface area contributed by atoms with Crippen molar-refractivity contribution in [1.82, 2.24) is 10.6 Å². The van der Waals surface area contributed by atoms with E-state index >= 15 is 0 Å². The molecule has 124 valence electrons. The van der Waals surface area contributed by atoms with Crippen molar-refractivity contribution in [3.05, 3.63) is 71.8 Å². The molecular formula is C19H21N3O2. The van der Waals surface area contributed by atoms with Crippen LogP contribution in [0.4, 0.5) is 0 Å². The number of amides is 1. The van der Waals surface area contributed by atoms with E-state index in [1.165, 1.54) is 11.8 Å². The minimum Gasteiger partial charge on any atom is -0.467 e. The van der Waals surface area contributed by atoms with Crippen molar-refractivity contribution < 1.29 is 9.21 Å². The van der Waals surface area contributed by atoms with Gasteiger partial charge in [0.2, 0.25) is 0 Å². The number of carbonyl (C=O) groups excluding carboxylic acids is 1. The van der Waals surface area contributed by atoms with Gasteiger partial charge in [0, 0.05) is 12.7 Å². The third-order valence-corrected chi connectivity index (χ3v) is 3.49. The predicted octanol–water partition coefficient (Wildman–Crippen LogP) is 2.92. The molecule has 24 heavy (non-hydrogen) atoms. The van der Waals surface area contributed by atoms with E-state index in [1.807, 2.05) is 24.3 Å². The number of benzene rings is 1. The number of rotatable bonds is 9. The zero-order valence-electron chi connectivity index (χ0n) is 13.5. The summed E-state index contributed by atoms with van der Waals surface area (Å²) in [4.78, 5) is 11.9. The van der Waals surface area contributed by atoms with E-state index in [0.29, 0.717) is 5.76 Å². The Morgan fingerprint density at radius 3 is 2.71 bits per heavy atom. The van der Waals surface area contributed by atoms with E-state index in [2.05, 4.69) is 22.8 Å². The first kappa shape index (κ1) is 17.4. The number of carbonyl (C=O) groups is 1. The number of aryl methyl sites for hydroxylation is 1. The Hall–Kier alpha value is -3.00. The number of nitrogens with zero attached hydrogens (tertiary/aromatic N) is 1. The molecular weight excluding hydrogens is 302 g/mol. The first-order chi connectivity index (χ1) is 11.8. The molecule has 2 rings (SSSR count). The summed E-state index contributed by atoms with van der Waals surface area (Å²) >= 11 is 0. The molecule has 2 N–H and O–H groups in total. The molecule has 0 radical (unpaired) electrons. The maximum Gasteiger partial charge on any atom is 0.263 e. The maximum absolute atomic E-state index is 11.9. The first-order valence-corrected chi connectivity index (χ1v) is 7.98. The number of unbranched alkanes of at least 4 members (excludes halogenated alkanes) is 1. The van der Waals surface area contributed by atoms with Gasteiger partial charge in [0.15, 0.2) is 0 Å². The molecule has 0 fully saturated rings. The molecule has 2 aromatic rings. The normalized spacial score (nSPS) is 10.9. The highest BCUT2D eigenvalue weighted by Crippen LogP contribution is 2.04. The molecule has 5 nitrogen and oxygen atoms in total. The predicted molar refractivity (Wildman–Crippen MR) is 91.6 cm³/mol. The Labute approximate surface area is 142 Å². The summed E-state index contributed by atoms with van der Waals surface area (Å²) in [5.41, 5.74) is 1.38. The van der Waals surface area contributed by atoms with Gasteiger partial charge in [0.25, 0.3) is 5.91 Å². The van der Waals surface area contributed by atoms with Crippen molar-refractivity contribution in [2.75, 3.05) is 6.54 Å². The van der Waals surface area contributed by atoms with Crippen LogP contribution in [0.25, 0.3) is 0 Å². The van der Waals surface area contributed by atoms with E-state index in [-0.39, 0.29) is 12.1 Å². The van der Waals surface area contributed by atoms with Crippen LogP contribution in [-0.4, -0.2) is 12.5 Å². The molecule has 0 aliphatic carbocycles. The molecule has 1 aromatic heterocycles. The second-order valence-electron chi connectivity index (χ2n) is 5.33. The van der Waals surface area contributed by atoms with Crippen molar-refractivity contribution in [2.45, 2.75) is 25.8 Å². The maximum atomic E-state index is 11.9. The SMILES string of the molecule is N#C/C(=C/NCCCCc1ccccc1)C(=O)NCc1ccco1. The monoisotopic (exact) mass is 323 g/mol. The lowest BCUT2D eigenvalue weighted by molar-refractivity contribution is -0.117. The Balaban J connectivity index is 1.65. The smallest absolute Gasteiger partial charge is 0.263 e. The van der Waals surface area contributed by atoms with Gasteiger partial charge in [-0.1, -0.05) is 30.3 Å². The number of nitrogens with one attached hydrogen (secondary N) is 2. The summed E-state index contributed by atoms with van der Waals surface area (Å²) in [6, 6.07) is 15.7. The second-order valence-corrected chi connectivity index (χ2v) is 5.33. The van der Waals surface area contributed by atoms with Crippen molar-refractivity contribution in [3.8, 4) is 6.07 Å². The van der Waals surface area contributed by atoms with Crippen LogP contribution in [0.2, 0.25) is 0 Å². The Kier molecular flexibility index (Phi) is 7.16. The Morgan fingerprint density at radius 1 is 1.17 bits per heavy atom. The summed E-state index contributed by atoms with van der Waals surface area (Å²) in [7, 11) is 0. The third-order valence-electron chi connectivity index (χ3n) is 3.49. The van der Waals surface area contributed by atoms with Gasteiger partial charge in [-0.15, -0.1) is 0 Å². The van der Waals surface area contributed by atoms with Gasteiger partial charge >= 0.3 is 0 Å². The highest BCUT2D eigenvalue weighted by atomic mass is 16.3. The van der Waals surface area contributed by atoms with Crippen molar-refractivity contribution in [3.63, 3.8) is 0 Å². The number of hydrogen-bond donors (Lipinski definition) is 2. The molecule has 1 amide bonds. The molecule has 0 atom stereocenters. The van der Waals surface area contributed by atoms with Crippen LogP contribution in [0.3, 0.4) is 0 Å². The van der Waals surface area contributed by atoms with Gasteiger partial charge in [-0.2, -0.15) is 5.26 Å². The molecule has 0 saturated carbocycles. The van der Waals surface area contributed by atoms with Gasteiger partial charge < -0.3 is 15.1 Å². The molecule has 0 bridgehead atoms. The van der Waals surface area contributed by atoms with Gasteiger partial charge in [0.1, 0.15) is 17.4 Å². The van der Waals surface area contributed by atoms with Crippen molar-refractivity contribution >= 4 is 5.91 Å². The van der Waals surface area contributed by atoms with Crippen LogP contribution < -0.4 is 10.6 Å². The third kappa shape index (κ3) is 6.01. The number of nitriles is 1. The molecule has 0 unspecified atom stereocenters. The average Bonchev–Trinajstić information content (AvgIpc) is 3.13. The molecule has 5 heteroatoms. The molecule has 0 saturated heterocycles. The van der Waals surface area contributed by atoms with Gasteiger partial charge in [-0.3, -0.25) is 4.79 Å². The van der Waals surface area contributed by atoms with Crippen molar-refractivity contribution in [2.24, 2.45) is 0 Å². The summed E-state index contributed by atoms with van der Waals surface area (Å²) in [5.74, 6) is 0.236. The van der Waals surface area contributed by atoms with Crippen LogP contribution in [0.5, 0.6) is 0 Å². The Bertz CT molecular complexity index is 685. The fourth-order valence-electron chi connectivity index (χ4n) is 2.20. The standard InChI is InChI=1S/C19H21N3O2/c20-13-17(19(23)22-15-18-10-6-12-24-18)14-21-11-5-4-9-16-7-2-1-3-8-16/h1-3,6-8,10,12,14,21H,4-5,9,11,15H2,(H,22,23)/b17-14-. The molecule has 1 aromatic carbocycles. The summed E-state index contributed by atoms with van der Waals surface area (Å²) < 4.78 is 5.13. The number of hydrogen-bond acceptors (Lipinski definition) is 4. The Morgan fingerprint density at radius 2 is 2.00 bits per heavy atom. The lowest BCUT2D eigenvalue weighted by atomic mass is 10.1. The fraction of sp³-hybridized carbons (Fsp3) is 0.263. The minimum atomic E-state index is -0.411. The van der Waals surface area contributed by atoms with E-state index in [0.717, 1.165) is 25.8 Å². The first-order valence-electron chi connectivity index (χ1n) is 7.98. The summed E-state index contributed by atoms with van der Waals surface area (Å²) in [6.07, 6.45) is 6.07. The highest BCUT2D eigenvalue weighted by molar-refractivity contribution is 5.97. The van der Waals surface area contributed by atoms with Gasteiger partial charge in [0.05, 0.1) is 12.8 Å². The van der Waals surface area contributed by atoms with E-state index in [4.69, 9.17) is 9.68 Å². The van der Waals surface area contributed by atoms with Gasteiger partial charge in [-0.05, 0) is 37.0 Å². The van der Waals surface area contributed by atoms with Crippen molar-refractivity contribution in [1.29, 1.82) is 5.26 Å². The van der Waals surface area contributed by atoms with E-state index < -0.39 is 5.91 Å². The summed E-state index contributed by atoms with van der Waals surface area (Å²) in [6.45, 7) is 0.991. The van der Waals surface area contributed by atoms with E-state index in [1.54, 1.807) is 18.4 Å².